The summed E-state index contributed by atoms with van der Waals surface area (Å²) < 4.78 is 0. The normalized spacial score (nSPS) is 24.3. The van der Waals surface area contributed by atoms with Crippen LogP contribution in [-0.2, 0) is 9.59 Å². The van der Waals surface area contributed by atoms with Gasteiger partial charge >= 0.3 is 0 Å². The Morgan fingerprint density at radius 2 is 1.76 bits per heavy atom. The number of hydrogen-bond acceptors (Lipinski definition) is 3. The zero-order valence-electron chi connectivity index (χ0n) is 10.3. The molecule has 0 aliphatic heterocycles. The molecule has 0 aromatic carbocycles. The quantitative estimate of drug-likeness (QED) is 0.622. The molecule has 1 saturated carbocycles. The molecule has 5 nitrogen and oxygen atoms in total. The average molecular weight is 241 g/mol. The Morgan fingerprint density at radius 3 is 2.35 bits per heavy atom. The minimum atomic E-state index is -0.383. The van der Waals surface area contributed by atoms with Gasteiger partial charge in [0.15, 0.2) is 0 Å². The maximum absolute atomic E-state index is 11.4. The van der Waals surface area contributed by atoms with E-state index >= 15 is 0 Å². The van der Waals surface area contributed by atoms with Crippen LogP contribution in [0.15, 0.2) is 0 Å². The molecule has 2 amide bonds. The number of hydrogen-bond donors (Lipinski definition) is 3. The Kier molecular flexibility index (Phi) is 5.97. The maximum Gasteiger partial charge on any atom is 0.220 e. The van der Waals surface area contributed by atoms with E-state index in [0.29, 0.717) is 24.9 Å². The Balaban J connectivity index is 2.05. The molecule has 1 rings (SSSR count). The Morgan fingerprint density at radius 1 is 1.12 bits per heavy atom. The SMILES string of the molecule is NC(=O)CCNC(=O)CCC1CCC(N)CC1. The molecule has 0 aromatic rings. The monoisotopic (exact) mass is 241 g/mol. The number of nitrogens with two attached hydrogens (primary N) is 2. The Labute approximate surface area is 102 Å². The van der Waals surface area contributed by atoms with Gasteiger partial charge in [0.25, 0.3) is 0 Å². The first-order valence-electron chi connectivity index (χ1n) is 6.38. The van der Waals surface area contributed by atoms with Crippen molar-refractivity contribution in [2.75, 3.05) is 6.54 Å². The van der Waals surface area contributed by atoms with Gasteiger partial charge in [0.2, 0.25) is 11.8 Å². The van der Waals surface area contributed by atoms with E-state index in [0.717, 1.165) is 32.1 Å². The summed E-state index contributed by atoms with van der Waals surface area (Å²) in [6.45, 7) is 0.351. The molecule has 1 aliphatic carbocycles. The van der Waals surface area contributed by atoms with Gasteiger partial charge in [-0.1, -0.05) is 0 Å². The van der Waals surface area contributed by atoms with Crippen molar-refractivity contribution < 1.29 is 9.59 Å². The first kappa shape index (κ1) is 14.0. The average Bonchev–Trinajstić information content (AvgIpc) is 2.28. The van der Waals surface area contributed by atoms with Crippen LogP contribution in [0.1, 0.15) is 44.9 Å². The zero-order chi connectivity index (χ0) is 12.7. The molecule has 0 spiro atoms. The van der Waals surface area contributed by atoms with Crippen molar-refractivity contribution in [2.45, 2.75) is 51.0 Å². The number of nitrogens with one attached hydrogen (secondary N) is 1. The Bertz CT molecular complexity index is 260. The fraction of sp³-hybridized carbons (Fsp3) is 0.833. The lowest BCUT2D eigenvalue weighted by Gasteiger charge is -2.25. The van der Waals surface area contributed by atoms with Crippen molar-refractivity contribution in [3.05, 3.63) is 0 Å². The highest BCUT2D eigenvalue weighted by Gasteiger charge is 2.18. The maximum atomic E-state index is 11.4. The van der Waals surface area contributed by atoms with Gasteiger partial charge in [0.1, 0.15) is 0 Å². The van der Waals surface area contributed by atoms with E-state index in [2.05, 4.69) is 5.32 Å². The van der Waals surface area contributed by atoms with Crippen LogP contribution < -0.4 is 16.8 Å². The lowest BCUT2D eigenvalue weighted by molar-refractivity contribution is -0.121. The van der Waals surface area contributed by atoms with Crippen LogP contribution in [0.3, 0.4) is 0 Å². The third kappa shape index (κ3) is 6.26. The summed E-state index contributed by atoms with van der Waals surface area (Å²) >= 11 is 0. The van der Waals surface area contributed by atoms with Crippen molar-refractivity contribution in [3.8, 4) is 0 Å². The van der Waals surface area contributed by atoms with Gasteiger partial charge in [-0.3, -0.25) is 9.59 Å². The molecule has 0 radical (unpaired) electrons. The van der Waals surface area contributed by atoms with Gasteiger partial charge < -0.3 is 16.8 Å². The number of amides is 2. The van der Waals surface area contributed by atoms with Crippen molar-refractivity contribution in [1.82, 2.24) is 5.32 Å². The van der Waals surface area contributed by atoms with E-state index in [1.54, 1.807) is 0 Å². The summed E-state index contributed by atoms with van der Waals surface area (Å²) in [5, 5.41) is 2.70. The van der Waals surface area contributed by atoms with Crippen LogP contribution in [0.5, 0.6) is 0 Å². The van der Waals surface area contributed by atoms with Gasteiger partial charge in [0.05, 0.1) is 0 Å². The molecule has 0 unspecified atom stereocenters. The number of carbonyl (C=O) groups is 2. The molecule has 0 bridgehead atoms. The molecule has 0 atom stereocenters. The third-order valence-corrected chi connectivity index (χ3v) is 3.36. The van der Waals surface area contributed by atoms with Crippen molar-refractivity contribution in [2.24, 2.45) is 17.4 Å². The minimum Gasteiger partial charge on any atom is -0.370 e. The van der Waals surface area contributed by atoms with Gasteiger partial charge in [0, 0.05) is 25.4 Å². The van der Waals surface area contributed by atoms with Crippen LogP contribution in [0.4, 0.5) is 0 Å². The smallest absolute Gasteiger partial charge is 0.220 e. The minimum absolute atomic E-state index is 0.0149. The van der Waals surface area contributed by atoms with Gasteiger partial charge in [-0.25, -0.2) is 0 Å². The van der Waals surface area contributed by atoms with Crippen LogP contribution in [-0.4, -0.2) is 24.4 Å². The van der Waals surface area contributed by atoms with Gasteiger partial charge in [-0.15, -0.1) is 0 Å². The standard InChI is InChI=1S/C12H23N3O2/c13-10-4-1-9(2-5-10)3-6-12(17)15-8-7-11(14)16/h9-10H,1-8,13H2,(H2,14,16)(H,15,17). The first-order valence-corrected chi connectivity index (χ1v) is 6.38. The number of carbonyl (C=O) groups excluding carboxylic acids is 2. The predicted octanol–water partition coefficient (Wildman–Crippen LogP) is 0.276. The van der Waals surface area contributed by atoms with E-state index in [4.69, 9.17) is 11.5 Å². The summed E-state index contributed by atoms with van der Waals surface area (Å²) in [5.41, 5.74) is 10.8. The lowest BCUT2D eigenvalue weighted by atomic mass is 9.84. The molecule has 5 N–H and O–H groups in total. The highest BCUT2D eigenvalue weighted by Crippen LogP contribution is 2.26. The van der Waals surface area contributed by atoms with Crippen LogP contribution >= 0.6 is 0 Å². The molecular weight excluding hydrogens is 218 g/mol. The molecular formula is C12H23N3O2. The molecule has 0 aromatic heterocycles. The largest absolute Gasteiger partial charge is 0.370 e. The highest BCUT2D eigenvalue weighted by molar-refractivity contribution is 5.77. The topological polar surface area (TPSA) is 98.2 Å². The molecule has 1 fully saturated rings. The number of primary amides is 1. The second kappa shape index (κ2) is 7.27. The second-order valence-electron chi connectivity index (χ2n) is 4.89. The van der Waals surface area contributed by atoms with Crippen LogP contribution in [0, 0.1) is 5.92 Å². The highest BCUT2D eigenvalue weighted by atomic mass is 16.2. The second-order valence-corrected chi connectivity index (χ2v) is 4.89. The molecule has 0 saturated heterocycles. The molecule has 1 aliphatic rings. The van der Waals surface area contributed by atoms with Crippen LogP contribution in [0.2, 0.25) is 0 Å². The van der Waals surface area contributed by atoms with E-state index in [1.807, 2.05) is 0 Å². The fourth-order valence-corrected chi connectivity index (χ4v) is 2.23. The van der Waals surface area contributed by atoms with E-state index in [9.17, 15) is 9.59 Å². The van der Waals surface area contributed by atoms with Crippen molar-refractivity contribution in [1.29, 1.82) is 0 Å². The van der Waals surface area contributed by atoms with Crippen molar-refractivity contribution >= 4 is 11.8 Å². The molecule has 98 valence electrons. The van der Waals surface area contributed by atoms with Crippen molar-refractivity contribution in [3.63, 3.8) is 0 Å². The zero-order valence-corrected chi connectivity index (χ0v) is 10.3. The van der Waals surface area contributed by atoms with E-state index < -0.39 is 0 Å². The number of rotatable bonds is 6. The van der Waals surface area contributed by atoms with Crippen LogP contribution in [0.25, 0.3) is 0 Å². The molecule has 17 heavy (non-hydrogen) atoms. The predicted molar refractivity (Wildman–Crippen MR) is 66.0 cm³/mol. The van der Waals surface area contributed by atoms with E-state index in [1.165, 1.54) is 0 Å². The third-order valence-electron chi connectivity index (χ3n) is 3.36. The summed E-state index contributed by atoms with van der Waals surface area (Å²) in [6, 6.07) is 0.357. The first-order chi connectivity index (χ1) is 8.08. The lowest BCUT2D eigenvalue weighted by Crippen LogP contribution is -2.29. The molecule has 5 heteroatoms. The summed E-state index contributed by atoms with van der Waals surface area (Å²) in [4.78, 5) is 21.9. The summed E-state index contributed by atoms with van der Waals surface area (Å²) in [5.74, 6) is 0.268. The molecule has 0 heterocycles. The van der Waals surface area contributed by atoms with Gasteiger partial charge in [-0.05, 0) is 38.0 Å². The Hall–Kier alpha value is -1.10. The van der Waals surface area contributed by atoms with Gasteiger partial charge in [-0.2, -0.15) is 0 Å². The summed E-state index contributed by atoms with van der Waals surface area (Å²) in [6.07, 6.45) is 6.10. The van der Waals surface area contributed by atoms with E-state index in [-0.39, 0.29) is 18.2 Å². The summed E-state index contributed by atoms with van der Waals surface area (Å²) in [7, 11) is 0. The fourth-order valence-electron chi connectivity index (χ4n) is 2.23.